The van der Waals surface area contributed by atoms with Crippen molar-refractivity contribution in [1.29, 1.82) is 0 Å². The van der Waals surface area contributed by atoms with Crippen molar-refractivity contribution in [3.63, 3.8) is 0 Å². The van der Waals surface area contributed by atoms with Crippen LogP contribution >= 0.6 is 24.4 Å². The average Bonchev–Trinajstić information content (AvgIpc) is 2.33. The van der Waals surface area contributed by atoms with Gasteiger partial charge in [0.15, 0.2) is 0 Å². The van der Waals surface area contributed by atoms with E-state index in [0.29, 0.717) is 5.75 Å². The number of thiol groups is 1. The molecule has 1 fully saturated rings. The fraction of sp³-hybridized carbons (Fsp3) is 0.833. The number of carboxylic acids is 1. The molecule has 0 saturated carbocycles. The van der Waals surface area contributed by atoms with Gasteiger partial charge in [-0.1, -0.05) is 0 Å². The fourth-order valence-corrected chi connectivity index (χ4v) is 3.07. The van der Waals surface area contributed by atoms with Gasteiger partial charge in [0.1, 0.15) is 0 Å². The van der Waals surface area contributed by atoms with E-state index in [4.69, 9.17) is 5.11 Å². The molecule has 0 spiro atoms. The highest BCUT2D eigenvalue weighted by Crippen LogP contribution is 2.30. The third-order valence-corrected chi connectivity index (χ3v) is 3.48. The van der Waals surface area contributed by atoms with Crippen molar-refractivity contribution in [3.05, 3.63) is 0 Å². The first-order valence-corrected chi connectivity index (χ1v) is 4.96. The van der Waals surface area contributed by atoms with Crippen LogP contribution in [-0.2, 0) is 4.79 Å². The zero-order valence-electron chi connectivity index (χ0n) is 5.49. The van der Waals surface area contributed by atoms with Crippen LogP contribution in [0.3, 0.4) is 0 Å². The Labute approximate surface area is 69.8 Å². The van der Waals surface area contributed by atoms with E-state index in [2.05, 4.69) is 12.6 Å². The summed E-state index contributed by atoms with van der Waals surface area (Å²) in [7, 11) is 0. The Morgan fingerprint density at radius 2 is 2.40 bits per heavy atom. The first-order chi connectivity index (χ1) is 4.75. The highest BCUT2D eigenvalue weighted by molar-refractivity contribution is 7.99. The second kappa shape index (κ2) is 3.53. The van der Waals surface area contributed by atoms with Crippen LogP contribution in [0.1, 0.15) is 0 Å². The van der Waals surface area contributed by atoms with Crippen LogP contribution in [0.2, 0.25) is 0 Å². The third kappa shape index (κ3) is 1.61. The van der Waals surface area contributed by atoms with Crippen molar-refractivity contribution >= 4 is 30.4 Å². The minimum absolute atomic E-state index is 0.150. The quantitative estimate of drug-likeness (QED) is 0.619. The summed E-state index contributed by atoms with van der Waals surface area (Å²) in [6.45, 7) is 0. The normalized spacial score (nSPS) is 32.5. The molecule has 4 heteroatoms. The summed E-state index contributed by atoms with van der Waals surface area (Å²) >= 11 is 5.81. The summed E-state index contributed by atoms with van der Waals surface area (Å²) < 4.78 is 0. The van der Waals surface area contributed by atoms with Crippen LogP contribution in [0.15, 0.2) is 0 Å². The smallest absolute Gasteiger partial charge is 0.307 e. The van der Waals surface area contributed by atoms with Gasteiger partial charge in [-0.15, -0.1) is 0 Å². The molecule has 0 aromatic heterocycles. The average molecular weight is 178 g/mol. The standard InChI is InChI=1S/C6H10O2S2/c7-6(8)5-3-10-2-4(5)1-9/h4-5,9H,1-3H2,(H,7,8). The molecule has 1 aliphatic rings. The minimum atomic E-state index is -0.663. The van der Waals surface area contributed by atoms with E-state index in [1.807, 2.05) is 0 Å². The van der Waals surface area contributed by atoms with E-state index in [-0.39, 0.29) is 11.8 Å². The Hall–Kier alpha value is 0.170. The van der Waals surface area contributed by atoms with Gasteiger partial charge >= 0.3 is 5.97 Å². The van der Waals surface area contributed by atoms with E-state index >= 15 is 0 Å². The Balaban J connectivity index is 2.50. The number of carbonyl (C=O) groups is 1. The lowest BCUT2D eigenvalue weighted by Crippen LogP contribution is -2.22. The SMILES string of the molecule is O=C(O)C1CSCC1CS. The molecule has 58 valence electrons. The molecule has 0 aromatic carbocycles. The summed E-state index contributed by atoms with van der Waals surface area (Å²) in [6.07, 6.45) is 0. The lowest BCUT2D eigenvalue weighted by atomic mass is 9.98. The molecule has 10 heavy (non-hydrogen) atoms. The molecule has 1 aliphatic heterocycles. The predicted octanol–water partition coefficient (Wildman–Crippen LogP) is 0.980. The molecule has 0 radical (unpaired) electrons. The van der Waals surface area contributed by atoms with E-state index in [1.165, 1.54) is 0 Å². The van der Waals surface area contributed by atoms with Crippen LogP contribution in [0.4, 0.5) is 0 Å². The molecule has 2 atom stereocenters. The Bertz CT molecular complexity index is 138. The van der Waals surface area contributed by atoms with Gasteiger partial charge in [0.2, 0.25) is 0 Å². The molecule has 1 rings (SSSR count). The zero-order valence-corrected chi connectivity index (χ0v) is 7.20. The third-order valence-electron chi connectivity index (χ3n) is 1.75. The molecule has 2 nitrogen and oxygen atoms in total. The summed E-state index contributed by atoms with van der Waals surface area (Å²) in [5.41, 5.74) is 0. The molecule has 1 heterocycles. The predicted molar refractivity (Wildman–Crippen MR) is 45.8 cm³/mol. The molecule has 2 unspecified atom stereocenters. The number of hydrogen-bond donors (Lipinski definition) is 2. The number of hydrogen-bond acceptors (Lipinski definition) is 3. The second-order valence-corrected chi connectivity index (χ2v) is 3.86. The molecule has 0 amide bonds. The van der Waals surface area contributed by atoms with Gasteiger partial charge in [-0.3, -0.25) is 4.79 Å². The number of rotatable bonds is 2. The first-order valence-electron chi connectivity index (χ1n) is 3.17. The number of aliphatic carboxylic acids is 1. The van der Waals surface area contributed by atoms with E-state index in [0.717, 1.165) is 11.5 Å². The van der Waals surface area contributed by atoms with Crippen LogP contribution in [0, 0.1) is 11.8 Å². The lowest BCUT2D eigenvalue weighted by Gasteiger charge is -2.09. The van der Waals surface area contributed by atoms with Gasteiger partial charge in [-0.25, -0.2) is 0 Å². The molecule has 0 aromatic rings. The summed E-state index contributed by atoms with van der Waals surface area (Å²) in [6, 6.07) is 0. The molecule has 0 aliphatic carbocycles. The monoisotopic (exact) mass is 178 g/mol. The van der Waals surface area contributed by atoms with Crippen molar-refractivity contribution in [1.82, 2.24) is 0 Å². The highest BCUT2D eigenvalue weighted by atomic mass is 32.2. The van der Waals surface area contributed by atoms with Crippen LogP contribution in [0.5, 0.6) is 0 Å². The van der Waals surface area contributed by atoms with E-state index in [9.17, 15) is 4.79 Å². The second-order valence-electron chi connectivity index (χ2n) is 2.42. The summed E-state index contributed by atoms with van der Waals surface area (Å²) in [4.78, 5) is 10.5. The maximum absolute atomic E-state index is 10.5. The number of carboxylic acid groups (broad SMARTS) is 1. The maximum atomic E-state index is 10.5. The van der Waals surface area contributed by atoms with Gasteiger partial charge in [-0.2, -0.15) is 24.4 Å². The minimum Gasteiger partial charge on any atom is -0.481 e. The summed E-state index contributed by atoms with van der Waals surface area (Å²) in [5.74, 6) is 1.89. The van der Waals surface area contributed by atoms with Gasteiger partial charge in [-0.05, 0) is 17.4 Å². The van der Waals surface area contributed by atoms with E-state index in [1.54, 1.807) is 11.8 Å². The van der Waals surface area contributed by atoms with Crippen molar-refractivity contribution in [2.45, 2.75) is 0 Å². The van der Waals surface area contributed by atoms with Crippen molar-refractivity contribution < 1.29 is 9.90 Å². The largest absolute Gasteiger partial charge is 0.481 e. The molecular weight excluding hydrogens is 168 g/mol. The lowest BCUT2D eigenvalue weighted by molar-refractivity contribution is -0.141. The Morgan fingerprint density at radius 1 is 1.70 bits per heavy atom. The van der Waals surface area contributed by atoms with Crippen molar-refractivity contribution in [2.24, 2.45) is 11.8 Å². The Morgan fingerprint density at radius 3 is 2.80 bits per heavy atom. The van der Waals surface area contributed by atoms with Crippen molar-refractivity contribution in [2.75, 3.05) is 17.3 Å². The molecular formula is C6H10O2S2. The van der Waals surface area contributed by atoms with Crippen LogP contribution in [0.25, 0.3) is 0 Å². The zero-order chi connectivity index (χ0) is 7.56. The van der Waals surface area contributed by atoms with Crippen molar-refractivity contribution in [3.8, 4) is 0 Å². The van der Waals surface area contributed by atoms with Gasteiger partial charge in [0.25, 0.3) is 0 Å². The molecule has 1 N–H and O–H groups in total. The topological polar surface area (TPSA) is 37.3 Å². The van der Waals surface area contributed by atoms with Gasteiger partial charge < -0.3 is 5.11 Å². The molecule has 1 saturated heterocycles. The number of thioether (sulfide) groups is 1. The summed E-state index contributed by atoms with van der Waals surface area (Å²) in [5, 5.41) is 8.67. The fourth-order valence-electron chi connectivity index (χ4n) is 1.05. The molecule has 0 bridgehead atoms. The first kappa shape index (κ1) is 8.27. The van der Waals surface area contributed by atoms with Gasteiger partial charge in [0, 0.05) is 5.75 Å². The highest BCUT2D eigenvalue weighted by Gasteiger charge is 2.32. The Kier molecular flexibility index (Phi) is 2.92. The van der Waals surface area contributed by atoms with Gasteiger partial charge in [0.05, 0.1) is 5.92 Å². The van der Waals surface area contributed by atoms with Crippen LogP contribution in [-0.4, -0.2) is 28.3 Å². The maximum Gasteiger partial charge on any atom is 0.307 e. The van der Waals surface area contributed by atoms with Crippen LogP contribution < -0.4 is 0 Å². The van der Waals surface area contributed by atoms with E-state index < -0.39 is 5.97 Å².